The second-order valence-electron chi connectivity index (χ2n) is 6.88. The van der Waals surface area contributed by atoms with E-state index in [1.807, 2.05) is 0 Å². The Labute approximate surface area is 123 Å². The Hall–Kier alpha value is -0.790. The van der Waals surface area contributed by atoms with E-state index in [0.717, 1.165) is 6.26 Å². The highest BCUT2D eigenvalue weighted by molar-refractivity contribution is 7.92. The van der Waals surface area contributed by atoms with Crippen molar-refractivity contribution in [3.05, 3.63) is 0 Å². The molecule has 1 saturated heterocycles. The molecule has 0 aromatic rings. The second kappa shape index (κ2) is 5.14. The molecule has 1 aliphatic heterocycles. The highest BCUT2D eigenvalue weighted by Crippen LogP contribution is 2.45. The largest absolute Gasteiger partial charge is 0.392 e. The quantitative estimate of drug-likeness (QED) is 0.781. The smallest absolute Gasteiger partial charge is 0.341 e. The molecule has 0 radical (unpaired) electrons. The zero-order chi connectivity index (χ0) is 16.9. The molecule has 1 fully saturated rings. The fourth-order valence-corrected chi connectivity index (χ4v) is 3.12. The van der Waals surface area contributed by atoms with Crippen LogP contribution in [0.5, 0.6) is 0 Å². The van der Waals surface area contributed by atoms with Gasteiger partial charge in [0.15, 0.2) is 9.84 Å². The Balaban J connectivity index is 3.00. The van der Waals surface area contributed by atoms with Crippen LogP contribution in [0, 0.1) is 11.3 Å². The molecular weight excluding hydrogens is 307 g/mol. The van der Waals surface area contributed by atoms with Gasteiger partial charge in [0.25, 0.3) is 0 Å². The number of piperidine rings is 1. The van der Waals surface area contributed by atoms with Crippen molar-refractivity contribution in [2.75, 3.05) is 19.3 Å². The van der Waals surface area contributed by atoms with Crippen LogP contribution >= 0.6 is 0 Å². The fourth-order valence-electron chi connectivity index (χ4n) is 2.68. The molecule has 1 aliphatic rings. The van der Waals surface area contributed by atoms with Gasteiger partial charge in [-0.1, -0.05) is 13.8 Å². The Bertz CT molecular complexity index is 523. The van der Waals surface area contributed by atoms with E-state index in [4.69, 9.17) is 0 Å². The van der Waals surface area contributed by atoms with E-state index < -0.39 is 38.0 Å². The van der Waals surface area contributed by atoms with Gasteiger partial charge in [0.1, 0.15) is 4.75 Å². The summed E-state index contributed by atoms with van der Waals surface area (Å²) in [5, 5.41) is 0. The summed E-state index contributed by atoms with van der Waals surface area (Å²) in [6, 6.07) is 0. The number of carbonyl (C=O) groups is 1. The summed E-state index contributed by atoms with van der Waals surface area (Å²) in [5.41, 5.74) is -1.14. The third kappa shape index (κ3) is 3.52. The van der Waals surface area contributed by atoms with Crippen molar-refractivity contribution in [2.45, 2.75) is 45.0 Å². The van der Waals surface area contributed by atoms with Crippen molar-refractivity contribution < 1.29 is 26.4 Å². The predicted octanol–water partition coefficient (Wildman–Crippen LogP) is 2.25. The lowest BCUT2D eigenvalue weighted by molar-refractivity contribution is -0.217. The maximum absolute atomic E-state index is 13.0. The molecule has 1 atom stereocenters. The number of alkyl halides is 3. The van der Waals surface area contributed by atoms with Crippen LogP contribution in [0.2, 0.25) is 0 Å². The van der Waals surface area contributed by atoms with E-state index in [1.165, 1.54) is 32.6 Å². The summed E-state index contributed by atoms with van der Waals surface area (Å²) in [6.07, 6.45) is -3.56. The molecule has 1 amide bonds. The lowest BCUT2D eigenvalue weighted by Gasteiger charge is -2.46. The fraction of sp³-hybridized carbons (Fsp3) is 0.923. The zero-order valence-corrected chi connectivity index (χ0v) is 13.7. The Kier molecular flexibility index (Phi) is 4.47. The van der Waals surface area contributed by atoms with Crippen molar-refractivity contribution in [3.63, 3.8) is 0 Å². The van der Waals surface area contributed by atoms with E-state index in [0.29, 0.717) is 0 Å². The number of rotatable bonds is 2. The van der Waals surface area contributed by atoms with Gasteiger partial charge in [-0.05, 0) is 25.7 Å². The van der Waals surface area contributed by atoms with Crippen molar-refractivity contribution in [2.24, 2.45) is 11.3 Å². The average Bonchev–Trinajstić information content (AvgIpc) is 2.22. The number of hydrogen-bond acceptors (Lipinski definition) is 3. The summed E-state index contributed by atoms with van der Waals surface area (Å²) >= 11 is 0. The number of likely N-dealkylation sites (tertiary alicyclic amines) is 1. The molecule has 0 aromatic heterocycles. The molecule has 0 spiro atoms. The number of nitrogens with zero attached hydrogens (tertiary/aromatic N) is 1. The van der Waals surface area contributed by atoms with Crippen molar-refractivity contribution >= 4 is 15.7 Å². The third-order valence-electron chi connectivity index (χ3n) is 4.35. The monoisotopic (exact) mass is 329 g/mol. The van der Waals surface area contributed by atoms with E-state index in [-0.39, 0.29) is 19.5 Å². The Morgan fingerprint density at radius 3 is 2.05 bits per heavy atom. The first-order valence-electron chi connectivity index (χ1n) is 6.66. The number of amides is 1. The Morgan fingerprint density at radius 2 is 1.71 bits per heavy atom. The van der Waals surface area contributed by atoms with Gasteiger partial charge >= 0.3 is 6.18 Å². The molecule has 8 heteroatoms. The molecule has 1 heterocycles. The summed E-state index contributed by atoms with van der Waals surface area (Å²) in [7, 11) is -3.64. The van der Waals surface area contributed by atoms with Gasteiger partial charge < -0.3 is 4.90 Å². The van der Waals surface area contributed by atoms with Crippen LogP contribution in [-0.4, -0.2) is 49.5 Å². The minimum atomic E-state index is -4.31. The molecule has 0 aliphatic carbocycles. The van der Waals surface area contributed by atoms with Gasteiger partial charge in [-0.2, -0.15) is 13.2 Å². The standard InChI is InChI=1S/C13H22F3NO3S/c1-11(2)8-17(7-6-9(11)13(14,15)16)10(18)12(3,4)21(5,19)20/h9H,6-8H2,1-5H3. The van der Waals surface area contributed by atoms with E-state index in [1.54, 1.807) is 0 Å². The van der Waals surface area contributed by atoms with Gasteiger partial charge in [-0.15, -0.1) is 0 Å². The average molecular weight is 329 g/mol. The Morgan fingerprint density at radius 1 is 1.24 bits per heavy atom. The van der Waals surface area contributed by atoms with Gasteiger partial charge in [-0.25, -0.2) is 8.42 Å². The number of halogens is 3. The van der Waals surface area contributed by atoms with Crippen LogP contribution in [-0.2, 0) is 14.6 Å². The van der Waals surface area contributed by atoms with Gasteiger partial charge in [0.2, 0.25) is 5.91 Å². The van der Waals surface area contributed by atoms with Crippen LogP contribution < -0.4 is 0 Å². The predicted molar refractivity (Wildman–Crippen MR) is 73.4 cm³/mol. The van der Waals surface area contributed by atoms with Crippen LogP contribution in [0.15, 0.2) is 0 Å². The normalized spacial score (nSPS) is 24.0. The number of carbonyl (C=O) groups excluding carboxylic acids is 1. The molecule has 0 bridgehead atoms. The molecule has 0 aromatic carbocycles. The van der Waals surface area contributed by atoms with Crippen LogP contribution in [0.3, 0.4) is 0 Å². The number of sulfone groups is 1. The first-order valence-corrected chi connectivity index (χ1v) is 8.55. The highest BCUT2D eigenvalue weighted by atomic mass is 32.2. The first-order chi connectivity index (χ1) is 9.11. The summed E-state index contributed by atoms with van der Waals surface area (Å²) in [4.78, 5) is 13.6. The summed E-state index contributed by atoms with van der Waals surface area (Å²) in [6.45, 7) is 5.30. The van der Waals surface area contributed by atoms with Crippen molar-refractivity contribution in [1.82, 2.24) is 4.90 Å². The third-order valence-corrected chi connectivity index (χ3v) is 6.38. The minimum Gasteiger partial charge on any atom is -0.341 e. The zero-order valence-electron chi connectivity index (χ0n) is 12.9. The van der Waals surface area contributed by atoms with Crippen molar-refractivity contribution in [1.29, 1.82) is 0 Å². The summed E-state index contributed by atoms with van der Waals surface area (Å²) in [5.74, 6) is -2.13. The van der Waals surface area contributed by atoms with Gasteiger partial charge in [-0.3, -0.25) is 4.79 Å². The van der Waals surface area contributed by atoms with E-state index in [9.17, 15) is 26.4 Å². The molecule has 1 unspecified atom stereocenters. The number of hydrogen-bond donors (Lipinski definition) is 0. The molecule has 0 N–H and O–H groups in total. The molecule has 1 rings (SSSR count). The lowest BCUT2D eigenvalue weighted by atomic mass is 9.73. The van der Waals surface area contributed by atoms with Crippen LogP contribution in [0.25, 0.3) is 0 Å². The second-order valence-corrected chi connectivity index (χ2v) is 9.45. The van der Waals surface area contributed by atoms with E-state index >= 15 is 0 Å². The maximum Gasteiger partial charge on any atom is 0.392 e. The first kappa shape index (κ1) is 18.3. The van der Waals surface area contributed by atoms with Crippen LogP contribution in [0.4, 0.5) is 13.2 Å². The van der Waals surface area contributed by atoms with Gasteiger partial charge in [0.05, 0.1) is 5.92 Å². The van der Waals surface area contributed by atoms with Crippen molar-refractivity contribution in [3.8, 4) is 0 Å². The topological polar surface area (TPSA) is 54.5 Å². The minimum absolute atomic E-state index is 0.0780. The van der Waals surface area contributed by atoms with Gasteiger partial charge in [0, 0.05) is 19.3 Å². The highest BCUT2D eigenvalue weighted by Gasteiger charge is 2.53. The molecule has 0 saturated carbocycles. The molecule has 21 heavy (non-hydrogen) atoms. The maximum atomic E-state index is 13.0. The molecule has 4 nitrogen and oxygen atoms in total. The molecular formula is C13H22F3NO3S. The molecule has 124 valence electrons. The van der Waals surface area contributed by atoms with E-state index in [2.05, 4.69) is 0 Å². The van der Waals surface area contributed by atoms with Crippen LogP contribution in [0.1, 0.15) is 34.1 Å². The SMILES string of the molecule is CC1(C)CN(C(=O)C(C)(C)S(C)(=O)=O)CCC1C(F)(F)F. The summed E-state index contributed by atoms with van der Waals surface area (Å²) < 4.78 is 60.7. The lowest BCUT2D eigenvalue weighted by Crippen LogP contribution is -2.57.